The molecule has 2 saturated heterocycles. The zero-order valence-corrected chi connectivity index (χ0v) is 25.1. The van der Waals surface area contributed by atoms with Gasteiger partial charge in [-0.1, -0.05) is 30.3 Å². The van der Waals surface area contributed by atoms with E-state index in [2.05, 4.69) is 25.7 Å². The molecule has 2 aromatic carbocycles. The van der Waals surface area contributed by atoms with Crippen molar-refractivity contribution in [1.82, 2.24) is 20.8 Å². The minimum Gasteiger partial charge on any atom is -0.444 e. The molecule has 2 amide bonds. The Morgan fingerprint density at radius 2 is 1.82 bits per heavy atom. The van der Waals surface area contributed by atoms with Crippen molar-refractivity contribution in [2.75, 3.05) is 31.2 Å². The number of benzene rings is 2. The highest BCUT2D eigenvalue weighted by atomic mass is 19.4. The number of hydrogen-bond donors (Lipinski definition) is 2. The van der Waals surface area contributed by atoms with E-state index in [0.717, 1.165) is 56.1 Å². The highest BCUT2D eigenvalue weighted by Gasteiger charge is 2.44. The van der Waals surface area contributed by atoms with Gasteiger partial charge in [-0.15, -0.1) is 5.10 Å². The predicted molar refractivity (Wildman–Crippen MR) is 158 cm³/mol. The Morgan fingerprint density at radius 3 is 2.43 bits per heavy atom. The minimum atomic E-state index is -4.54. The lowest BCUT2D eigenvalue weighted by Crippen LogP contribution is -2.44. The second-order valence-electron chi connectivity index (χ2n) is 12.5. The molecule has 2 N–H and O–H groups in total. The number of alkyl carbamates (subject to hydrolysis) is 1. The number of alkyl halides is 3. The molecule has 5 rings (SSSR count). The molecule has 1 spiro atoms. The molecule has 1 atom stereocenters. The van der Waals surface area contributed by atoms with Crippen LogP contribution in [-0.2, 0) is 22.2 Å². The fourth-order valence-corrected chi connectivity index (χ4v) is 5.38. The second-order valence-corrected chi connectivity index (χ2v) is 12.5. The molecule has 2 fully saturated rings. The summed E-state index contributed by atoms with van der Waals surface area (Å²) >= 11 is 0. The van der Waals surface area contributed by atoms with E-state index < -0.39 is 29.5 Å². The van der Waals surface area contributed by atoms with Crippen molar-refractivity contribution in [3.8, 4) is 11.1 Å². The summed E-state index contributed by atoms with van der Waals surface area (Å²) in [5.74, 6) is -0.384. The van der Waals surface area contributed by atoms with E-state index in [-0.39, 0.29) is 23.6 Å². The van der Waals surface area contributed by atoms with Crippen LogP contribution in [0.5, 0.6) is 0 Å². The molecular weight excluding hydrogens is 575 g/mol. The molecule has 1 aromatic heterocycles. The number of aromatic nitrogens is 2. The molecule has 0 bridgehead atoms. The quantitative estimate of drug-likeness (QED) is 0.343. The van der Waals surface area contributed by atoms with E-state index in [1.807, 2.05) is 6.92 Å². The van der Waals surface area contributed by atoms with Gasteiger partial charge in [0.05, 0.1) is 36.7 Å². The van der Waals surface area contributed by atoms with Gasteiger partial charge in [-0.3, -0.25) is 4.79 Å². The number of rotatable bonds is 7. The second kappa shape index (κ2) is 12.1. The van der Waals surface area contributed by atoms with E-state index >= 15 is 0 Å². The molecule has 2 aliphatic heterocycles. The Morgan fingerprint density at radius 1 is 1.09 bits per heavy atom. The van der Waals surface area contributed by atoms with Crippen LogP contribution in [-0.4, -0.2) is 54.1 Å². The monoisotopic (exact) mass is 611 g/mol. The predicted octanol–water partition coefficient (Wildman–Crippen LogP) is 5.90. The van der Waals surface area contributed by atoms with Gasteiger partial charge >= 0.3 is 12.3 Å². The van der Waals surface area contributed by atoms with Crippen LogP contribution in [0.25, 0.3) is 11.1 Å². The van der Waals surface area contributed by atoms with Crippen molar-refractivity contribution < 1.29 is 32.2 Å². The van der Waals surface area contributed by atoms with Crippen molar-refractivity contribution >= 4 is 17.7 Å². The summed E-state index contributed by atoms with van der Waals surface area (Å²) in [4.78, 5) is 27.4. The Bertz CT molecular complexity index is 1520. The lowest BCUT2D eigenvalue weighted by atomic mass is 9.85. The molecule has 234 valence electrons. The van der Waals surface area contributed by atoms with Gasteiger partial charge in [0.1, 0.15) is 5.60 Å². The molecule has 0 radical (unpaired) electrons. The molecule has 3 aromatic rings. The van der Waals surface area contributed by atoms with Crippen LogP contribution in [0.1, 0.15) is 67.3 Å². The van der Waals surface area contributed by atoms with Crippen molar-refractivity contribution in [2.45, 2.75) is 58.5 Å². The van der Waals surface area contributed by atoms with Crippen LogP contribution in [0.2, 0.25) is 0 Å². The minimum absolute atomic E-state index is 0.0249. The number of anilines is 1. The van der Waals surface area contributed by atoms with Crippen LogP contribution in [0.15, 0.2) is 54.7 Å². The standard InChI is InChI=1S/C32H36F3N5O4/c1-20(38-28(41)27-14-25(16-37-39-27)40-12-11-31(17-40)18-43-19-31)21-5-7-22(8-6-21)26-13-24(32(33,34)35)10-9-23(26)15-36-29(42)44-30(2,3)4/h5-10,13-14,16,20H,11-12,15,17-19H2,1-4H3,(H,36,42)(H,38,41)/t20-/m1/s1. The summed E-state index contributed by atoms with van der Waals surface area (Å²) < 4.78 is 51.4. The third-order valence-electron chi connectivity index (χ3n) is 7.82. The molecule has 3 heterocycles. The molecular formula is C32H36F3N5O4. The molecule has 0 saturated carbocycles. The number of amides is 2. The largest absolute Gasteiger partial charge is 0.444 e. The lowest BCUT2D eigenvalue weighted by Gasteiger charge is -2.37. The van der Waals surface area contributed by atoms with Gasteiger partial charge in [0, 0.05) is 25.0 Å². The first-order valence-electron chi connectivity index (χ1n) is 14.5. The fourth-order valence-electron chi connectivity index (χ4n) is 5.38. The average Bonchev–Trinajstić information content (AvgIpc) is 3.42. The first kappa shape index (κ1) is 31.2. The molecule has 0 aliphatic carbocycles. The summed E-state index contributed by atoms with van der Waals surface area (Å²) in [6.45, 7) is 10.2. The number of hydrogen-bond acceptors (Lipinski definition) is 7. The first-order chi connectivity index (χ1) is 20.7. The maximum Gasteiger partial charge on any atom is 0.416 e. The first-order valence-corrected chi connectivity index (χ1v) is 14.5. The lowest BCUT2D eigenvalue weighted by molar-refractivity contribution is -0.137. The Hall–Kier alpha value is -4.19. The Kier molecular flexibility index (Phi) is 8.57. The third kappa shape index (κ3) is 7.29. The smallest absolute Gasteiger partial charge is 0.416 e. The number of carbonyl (C=O) groups excluding carboxylic acids is 2. The van der Waals surface area contributed by atoms with Gasteiger partial charge in [-0.2, -0.15) is 18.3 Å². The van der Waals surface area contributed by atoms with Gasteiger partial charge in [0.2, 0.25) is 0 Å². The van der Waals surface area contributed by atoms with Crippen molar-refractivity contribution in [1.29, 1.82) is 0 Å². The summed E-state index contributed by atoms with van der Waals surface area (Å²) in [6, 6.07) is 11.6. The summed E-state index contributed by atoms with van der Waals surface area (Å²) in [5.41, 5.74) is 1.80. The van der Waals surface area contributed by atoms with Crippen LogP contribution >= 0.6 is 0 Å². The van der Waals surface area contributed by atoms with Crippen molar-refractivity contribution in [3.05, 3.63) is 77.1 Å². The molecule has 44 heavy (non-hydrogen) atoms. The molecule has 12 heteroatoms. The highest BCUT2D eigenvalue weighted by molar-refractivity contribution is 5.93. The van der Waals surface area contributed by atoms with Gasteiger partial charge in [-0.25, -0.2) is 4.79 Å². The van der Waals surface area contributed by atoms with Crippen LogP contribution in [0, 0.1) is 5.41 Å². The maximum atomic E-state index is 13.6. The summed E-state index contributed by atoms with van der Waals surface area (Å²) in [7, 11) is 0. The van der Waals surface area contributed by atoms with Gasteiger partial charge in [0.25, 0.3) is 5.91 Å². The van der Waals surface area contributed by atoms with Crippen molar-refractivity contribution in [3.63, 3.8) is 0 Å². The van der Waals surface area contributed by atoms with Crippen LogP contribution < -0.4 is 15.5 Å². The number of ether oxygens (including phenoxy) is 2. The fraction of sp³-hybridized carbons (Fsp3) is 0.438. The van der Waals surface area contributed by atoms with Gasteiger partial charge in [0.15, 0.2) is 5.69 Å². The van der Waals surface area contributed by atoms with Crippen LogP contribution in [0.3, 0.4) is 0 Å². The Labute approximate surface area is 254 Å². The number of nitrogens with one attached hydrogen (secondary N) is 2. The number of halogens is 3. The Balaban J connectivity index is 1.28. The average molecular weight is 612 g/mol. The molecule has 9 nitrogen and oxygen atoms in total. The molecule has 0 unspecified atom stereocenters. The zero-order valence-electron chi connectivity index (χ0n) is 25.1. The number of nitrogens with zero attached hydrogens (tertiary/aromatic N) is 3. The van der Waals surface area contributed by atoms with Gasteiger partial charge in [-0.05, 0) is 74.6 Å². The van der Waals surface area contributed by atoms with Crippen molar-refractivity contribution in [2.24, 2.45) is 5.41 Å². The summed E-state index contributed by atoms with van der Waals surface area (Å²) in [6.07, 6.45) is -2.52. The third-order valence-corrected chi connectivity index (χ3v) is 7.82. The SMILES string of the molecule is C[C@@H](NC(=O)c1cc(N2CCC3(COC3)C2)cnn1)c1ccc(-c2cc(C(F)(F)F)ccc2CNC(=O)OC(C)(C)C)cc1. The van der Waals surface area contributed by atoms with E-state index in [1.165, 1.54) is 6.07 Å². The van der Waals surface area contributed by atoms with E-state index in [4.69, 9.17) is 9.47 Å². The van der Waals surface area contributed by atoms with Gasteiger partial charge < -0.3 is 25.0 Å². The van der Waals surface area contributed by atoms with E-state index in [1.54, 1.807) is 57.3 Å². The maximum absolute atomic E-state index is 13.6. The van der Waals surface area contributed by atoms with Crippen LogP contribution in [0.4, 0.5) is 23.7 Å². The van der Waals surface area contributed by atoms with E-state index in [0.29, 0.717) is 16.7 Å². The molecule has 2 aliphatic rings. The topological polar surface area (TPSA) is 106 Å². The van der Waals surface area contributed by atoms with E-state index in [9.17, 15) is 22.8 Å². The number of carbonyl (C=O) groups is 2. The summed E-state index contributed by atoms with van der Waals surface area (Å²) in [5, 5.41) is 13.6. The highest BCUT2D eigenvalue weighted by Crippen LogP contribution is 2.39. The zero-order chi connectivity index (χ0) is 31.7. The normalized spacial score (nSPS) is 16.8.